The van der Waals surface area contributed by atoms with Gasteiger partial charge in [0.15, 0.2) is 0 Å². The number of aryl methyl sites for hydroxylation is 1. The summed E-state index contributed by atoms with van der Waals surface area (Å²) in [5, 5.41) is 2.84. The molecule has 0 saturated heterocycles. The molecule has 5 heteroatoms. The first kappa shape index (κ1) is 14.1. The second-order valence-electron chi connectivity index (χ2n) is 4.44. The van der Waals surface area contributed by atoms with E-state index >= 15 is 0 Å². The molecule has 2 rings (SSSR count). The van der Waals surface area contributed by atoms with Crippen molar-refractivity contribution in [2.24, 2.45) is 5.73 Å². The lowest BCUT2D eigenvalue weighted by molar-refractivity contribution is 0.0950. The van der Waals surface area contributed by atoms with Gasteiger partial charge in [-0.15, -0.1) is 0 Å². The van der Waals surface area contributed by atoms with Gasteiger partial charge in [0.2, 0.25) is 0 Å². The number of pyridine rings is 1. The predicted molar refractivity (Wildman–Crippen MR) is 82.5 cm³/mol. The molecular formula is C15H15N3OS. The van der Waals surface area contributed by atoms with Crippen LogP contribution < -0.4 is 11.1 Å². The Morgan fingerprint density at radius 2 is 2.10 bits per heavy atom. The summed E-state index contributed by atoms with van der Waals surface area (Å²) in [4.78, 5) is 16.4. The van der Waals surface area contributed by atoms with E-state index in [0.717, 1.165) is 16.8 Å². The minimum Gasteiger partial charge on any atom is -0.389 e. The van der Waals surface area contributed by atoms with Crippen LogP contribution >= 0.6 is 12.2 Å². The lowest BCUT2D eigenvalue weighted by Gasteiger charge is -2.07. The Labute approximate surface area is 123 Å². The quantitative estimate of drug-likeness (QED) is 0.843. The fourth-order valence-electron chi connectivity index (χ4n) is 1.72. The molecule has 20 heavy (non-hydrogen) atoms. The summed E-state index contributed by atoms with van der Waals surface area (Å²) in [7, 11) is 0. The Bertz CT molecular complexity index is 638. The Hall–Kier alpha value is -2.27. The number of nitrogens with zero attached hydrogens (tertiary/aromatic N) is 1. The molecule has 0 unspecified atom stereocenters. The highest BCUT2D eigenvalue weighted by atomic mass is 32.1. The molecule has 0 aliphatic heterocycles. The van der Waals surface area contributed by atoms with Gasteiger partial charge in [-0.1, -0.05) is 30.4 Å². The summed E-state index contributed by atoms with van der Waals surface area (Å²) >= 11 is 4.93. The van der Waals surface area contributed by atoms with E-state index in [1.807, 2.05) is 37.3 Å². The van der Waals surface area contributed by atoms with Crippen molar-refractivity contribution in [2.75, 3.05) is 0 Å². The van der Waals surface area contributed by atoms with Crippen LogP contribution in [0.25, 0.3) is 0 Å². The van der Waals surface area contributed by atoms with E-state index in [1.165, 1.54) is 0 Å². The molecule has 0 fully saturated rings. The first-order valence-corrected chi connectivity index (χ1v) is 6.56. The van der Waals surface area contributed by atoms with E-state index in [-0.39, 0.29) is 5.91 Å². The SMILES string of the molecule is Cc1ccc(C(=O)NCc2cccc(C(N)=S)c2)cn1. The molecule has 0 aliphatic rings. The summed E-state index contributed by atoms with van der Waals surface area (Å²) in [6.07, 6.45) is 1.57. The van der Waals surface area contributed by atoms with E-state index in [0.29, 0.717) is 17.1 Å². The van der Waals surface area contributed by atoms with Crippen molar-refractivity contribution in [2.45, 2.75) is 13.5 Å². The molecule has 3 N–H and O–H groups in total. The molecule has 0 spiro atoms. The summed E-state index contributed by atoms with van der Waals surface area (Å²) in [5.74, 6) is -0.154. The highest BCUT2D eigenvalue weighted by molar-refractivity contribution is 7.80. The molecule has 0 radical (unpaired) electrons. The lowest BCUT2D eigenvalue weighted by Crippen LogP contribution is -2.23. The maximum Gasteiger partial charge on any atom is 0.253 e. The maximum atomic E-state index is 11.9. The second-order valence-corrected chi connectivity index (χ2v) is 4.88. The fraction of sp³-hybridized carbons (Fsp3) is 0.133. The first-order chi connectivity index (χ1) is 9.56. The maximum absolute atomic E-state index is 11.9. The van der Waals surface area contributed by atoms with Crippen molar-refractivity contribution >= 4 is 23.1 Å². The van der Waals surface area contributed by atoms with Crippen molar-refractivity contribution in [1.29, 1.82) is 0 Å². The molecule has 0 bridgehead atoms. The topological polar surface area (TPSA) is 68.0 Å². The van der Waals surface area contributed by atoms with Crippen molar-refractivity contribution in [3.63, 3.8) is 0 Å². The van der Waals surface area contributed by atoms with Gasteiger partial charge in [-0.2, -0.15) is 0 Å². The molecule has 1 amide bonds. The Morgan fingerprint density at radius 1 is 1.30 bits per heavy atom. The van der Waals surface area contributed by atoms with E-state index < -0.39 is 0 Å². The Kier molecular flexibility index (Phi) is 4.42. The number of thiocarbonyl (C=S) groups is 1. The number of carbonyl (C=O) groups is 1. The summed E-state index contributed by atoms with van der Waals surface area (Å²) < 4.78 is 0. The minimum absolute atomic E-state index is 0.154. The average molecular weight is 285 g/mol. The number of aromatic nitrogens is 1. The van der Waals surface area contributed by atoms with Gasteiger partial charge in [-0.05, 0) is 30.7 Å². The van der Waals surface area contributed by atoms with Crippen LogP contribution in [-0.4, -0.2) is 15.9 Å². The molecule has 1 heterocycles. The number of benzene rings is 1. The zero-order valence-corrected chi connectivity index (χ0v) is 11.9. The Morgan fingerprint density at radius 3 is 2.75 bits per heavy atom. The molecule has 2 aromatic rings. The molecule has 1 aromatic heterocycles. The molecule has 102 valence electrons. The molecule has 4 nitrogen and oxygen atoms in total. The summed E-state index contributed by atoms with van der Waals surface area (Å²) in [6.45, 7) is 2.30. The Balaban J connectivity index is 2.01. The van der Waals surface area contributed by atoms with E-state index in [4.69, 9.17) is 18.0 Å². The van der Waals surface area contributed by atoms with Crippen molar-refractivity contribution in [1.82, 2.24) is 10.3 Å². The summed E-state index contributed by atoms with van der Waals surface area (Å²) in [6, 6.07) is 11.1. The molecular weight excluding hydrogens is 270 g/mol. The zero-order valence-electron chi connectivity index (χ0n) is 11.1. The smallest absolute Gasteiger partial charge is 0.253 e. The average Bonchev–Trinajstić information content (AvgIpc) is 2.46. The normalized spacial score (nSPS) is 10.1. The van der Waals surface area contributed by atoms with Crippen LogP contribution in [0, 0.1) is 6.92 Å². The molecule has 1 aromatic carbocycles. The van der Waals surface area contributed by atoms with Gasteiger partial charge >= 0.3 is 0 Å². The first-order valence-electron chi connectivity index (χ1n) is 6.16. The summed E-state index contributed by atoms with van der Waals surface area (Å²) in [5.41, 5.74) is 8.75. The number of hydrogen-bond donors (Lipinski definition) is 2. The third-order valence-corrected chi connectivity index (χ3v) is 3.07. The van der Waals surface area contributed by atoms with Crippen molar-refractivity contribution in [3.05, 3.63) is 65.0 Å². The number of nitrogens with one attached hydrogen (secondary N) is 1. The molecule has 0 atom stereocenters. The van der Waals surface area contributed by atoms with E-state index in [2.05, 4.69) is 10.3 Å². The number of rotatable bonds is 4. The van der Waals surface area contributed by atoms with Crippen LogP contribution in [0.4, 0.5) is 0 Å². The third kappa shape index (κ3) is 3.61. The fourth-order valence-corrected chi connectivity index (χ4v) is 1.85. The van der Waals surface area contributed by atoms with E-state index in [1.54, 1.807) is 12.3 Å². The zero-order chi connectivity index (χ0) is 14.5. The number of hydrogen-bond acceptors (Lipinski definition) is 3. The lowest BCUT2D eigenvalue weighted by atomic mass is 10.1. The number of amides is 1. The van der Waals surface area contributed by atoms with Crippen molar-refractivity contribution in [3.8, 4) is 0 Å². The number of carbonyl (C=O) groups excluding carboxylic acids is 1. The van der Waals surface area contributed by atoms with E-state index in [9.17, 15) is 4.79 Å². The van der Waals surface area contributed by atoms with Crippen LogP contribution in [0.5, 0.6) is 0 Å². The van der Waals surface area contributed by atoms with Gasteiger partial charge in [0.05, 0.1) is 5.56 Å². The van der Waals surface area contributed by atoms with Gasteiger partial charge in [0, 0.05) is 24.0 Å². The highest BCUT2D eigenvalue weighted by Crippen LogP contribution is 2.06. The van der Waals surface area contributed by atoms with Crippen LogP contribution in [0.3, 0.4) is 0 Å². The van der Waals surface area contributed by atoms with Gasteiger partial charge in [-0.3, -0.25) is 9.78 Å². The van der Waals surface area contributed by atoms with Crippen LogP contribution in [0.2, 0.25) is 0 Å². The van der Waals surface area contributed by atoms with Gasteiger partial charge in [0.1, 0.15) is 4.99 Å². The van der Waals surface area contributed by atoms with Gasteiger partial charge < -0.3 is 11.1 Å². The van der Waals surface area contributed by atoms with Gasteiger partial charge in [0.25, 0.3) is 5.91 Å². The second kappa shape index (κ2) is 6.25. The van der Waals surface area contributed by atoms with Crippen molar-refractivity contribution < 1.29 is 4.79 Å². The monoisotopic (exact) mass is 285 g/mol. The van der Waals surface area contributed by atoms with Crippen LogP contribution in [0.1, 0.15) is 27.2 Å². The van der Waals surface area contributed by atoms with Crippen LogP contribution in [0.15, 0.2) is 42.6 Å². The third-order valence-electron chi connectivity index (χ3n) is 2.84. The highest BCUT2D eigenvalue weighted by Gasteiger charge is 2.06. The van der Waals surface area contributed by atoms with Gasteiger partial charge in [-0.25, -0.2) is 0 Å². The van der Waals surface area contributed by atoms with Crippen LogP contribution in [-0.2, 0) is 6.54 Å². The minimum atomic E-state index is -0.154. The predicted octanol–water partition coefficient (Wildman–Crippen LogP) is 1.95. The largest absolute Gasteiger partial charge is 0.389 e. The molecule has 0 aliphatic carbocycles. The molecule has 0 saturated carbocycles. The number of nitrogens with two attached hydrogens (primary N) is 1. The standard InChI is InChI=1S/C15H15N3OS/c1-10-5-6-13(9-17-10)15(19)18-8-11-3-2-4-12(7-11)14(16)20/h2-7,9H,8H2,1H3,(H2,16,20)(H,18,19).